The molecule has 0 aromatic rings. The molecule has 3 nitrogen and oxygen atoms in total. The minimum atomic E-state index is 0.241. The fraction of sp³-hybridized carbons (Fsp3) is 1.00. The first-order valence-electron chi connectivity index (χ1n) is 7.80. The molecule has 106 valence electrons. The van der Waals surface area contributed by atoms with E-state index in [2.05, 4.69) is 24.2 Å². The average molecular weight is 254 g/mol. The van der Waals surface area contributed by atoms with Gasteiger partial charge in [-0.25, -0.2) is 0 Å². The van der Waals surface area contributed by atoms with Gasteiger partial charge in [-0.1, -0.05) is 26.2 Å². The second-order valence-electron chi connectivity index (χ2n) is 6.13. The third-order valence-electron chi connectivity index (χ3n) is 4.72. The highest BCUT2D eigenvalue weighted by atomic mass is 16.5. The van der Waals surface area contributed by atoms with Crippen LogP contribution in [0, 0.1) is 0 Å². The Balaban J connectivity index is 1.72. The number of nitrogens with one attached hydrogen (secondary N) is 1. The number of nitrogens with zero attached hydrogens (tertiary/aromatic N) is 1. The van der Waals surface area contributed by atoms with Gasteiger partial charge in [-0.2, -0.15) is 0 Å². The molecule has 3 heteroatoms. The van der Waals surface area contributed by atoms with Crippen LogP contribution in [0.5, 0.6) is 0 Å². The fourth-order valence-electron chi connectivity index (χ4n) is 3.36. The molecular weight excluding hydrogens is 224 g/mol. The van der Waals surface area contributed by atoms with Gasteiger partial charge in [-0.05, 0) is 39.3 Å². The molecule has 2 aliphatic rings. The van der Waals surface area contributed by atoms with Crippen molar-refractivity contribution >= 4 is 0 Å². The van der Waals surface area contributed by atoms with Crippen molar-refractivity contribution in [2.75, 3.05) is 33.3 Å². The molecule has 1 saturated heterocycles. The molecule has 1 aliphatic carbocycles. The maximum absolute atomic E-state index is 6.13. The maximum atomic E-state index is 6.13. The molecule has 0 aromatic carbocycles. The predicted molar refractivity (Wildman–Crippen MR) is 76.0 cm³/mol. The zero-order valence-electron chi connectivity index (χ0n) is 12.2. The summed E-state index contributed by atoms with van der Waals surface area (Å²) in [5.74, 6) is 0. The molecule has 1 saturated carbocycles. The van der Waals surface area contributed by atoms with Gasteiger partial charge in [0.05, 0.1) is 5.60 Å². The number of hydrogen-bond donors (Lipinski definition) is 1. The lowest BCUT2D eigenvalue weighted by Gasteiger charge is -2.43. The number of ether oxygens (including phenoxy) is 1. The molecule has 1 spiro atoms. The molecular formula is C15H30N2O. The zero-order chi connectivity index (χ0) is 12.8. The number of rotatable bonds is 5. The lowest BCUT2D eigenvalue weighted by atomic mass is 9.78. The first kappa shape index (κ1) is 14.3. The fourth-order valence-corrected chi connectivity index (χ4v) is 3.36. The van der Waals surface area contributed by atoms with E-state index in [1.54, 1.807) is 0 Å². The molecule has 1 aliphatic heterocycles. The Kier molecular flexibility index (Phi) is 5.46. The molecule has 18 heavy (non-hydrogen) atoms. The van der Waals surface area contributed by atoms with E-state index in [9.17, 15) is 0 Å². The Hall–Kier alpha value is -0.120. The predicted octanol–water partition coefficient (Wildman–Crippen LogP) is 2.41. The summed E-state index contributed by atoms with van der Waals surface area (Å²) < 4.78 is 6.13. The third-order valence-corrected chi connectivity index (χ3v) is 4.72. The average Bonchev–Trinajstić information content (AvgIpc) is 2.39. The van der Waals surface area contributed by atoms with E-state index >= 15 is 0 Å². The topological polar surface area (TPSA) is 24.5 Å². The molecule has 2 fully saturated rings. The van der Waals surface area contributed by atoms with Gasteiger partial charge >= 0.3 is 0 Å². The summed E-state index contributed by atoms with van der Waals surface area (Å²) in [6.45, 7) is 6.58. The van der Waals surface area contributed by atoms with Crippen LogP contribution in [-0.4, -0.2) is 49.8 Å². The Bertz CT molecular complexity index is 233. The van der Waals surface area contributed by atoms with Gasteiger partial charge in [0.1, 0.15) is 0 Å². The van der Waals surface area contributed by atoms with Crippen molar-refractivity contribution in [3.05, 3.63) is 0 Å². The molecule has 2 rings (SSSR count). The number of hydrogen-bond acceptors (Lipinski definition) is 3. The standard InChI is InChI=1S/C15H30N2O/c1-3-17(2)11-10-16-14-7-12-18-15(13-14)8-5-4-6-9-15/h14,16H,3-13H2,1-2H3. The Labute approximate surface area is 112 Å². The van der Waals surface area contributed by atoms with Crippen LogP contribution in [0.3, 0.4) is 0 Å². The molecule has 1 N–H and O–H groups in total. The van der Waals surface area contributed by atoms with Gasteiger partial charge in [0, 0.05) is 25.7 Å². The first-order chi connectivity index (χ1) is 8.74. The monoisotopic (exact) mass is 254 g/mol. The van der Waals surface area contributed by atoms with E-state index in [0.29, 0.717) is 6.04 Å². The lowest BCUT2D eigenvalue weighted by Crippen LogP contribution is -2.49. The maximum Gasteiger partial charge on any atom is 0.0697 e. The summed E-state index contributed by atoms with van der Waals surface area (Å²) in [6.07, 6.45) is 9.15. The van der Waals surface area contributed by atoms with Crippen molar-refractivity contribution < 1.29 is 4.74 Å². The van der Waals surface area contributed by atoms with Crippen molar-refractivity contribution in [3.63, 3.8) is 0 Å². The Morgan fingerprint density at radius 3 is 2.78 bits per heavy atom. The van der Waals surface area contributed by atoms with E-state index < -0.39 is 0 Å². The van der Waals surface area contributed by atoms with Crippen molar-refractivity contribution in [1.29, 1.82) is 0 Å². The third kappa shape index (κ3) is 3.94. The highest BCUT2D eigenvalue weighted by Gasteiger charge is 2.38. The largest absolute Gasteiger partial charge is 0.375 e. The highest BCUT2D eigenvalue weighted by molar-refractivity contribution is 4.92. The van der Waals surface area contributed by atoms with Crippen LogP contribution in [0.25, 0.3) is 0 Å². The summed E-state index contributed by atoms with van der Waals surface area (Å²) in [6, 6.07) is 0.683. The van der Waals surface area contributed by atoms with Crippen LogP contribution in [0.15, 0.2) is 0 Å². The minimum absolute atomic E-state index is 0.241. The van der Waals surface area contributed by atoms with Gasteiger partial charge in [0.25, 0.3) is 0 Å². The Morgan fingerprint density at radius 1 is 1.28 bits per heavy atom. The molecule has 1 unspecified atom stereocenters. The second kappa shape index (κ2) is 6.88. The lowest BCUT2D eigenvalue weighted by molar-refractivity contribution is -0.109. The molecule has 0 bridgehead atoms. The molecule has 1 atom stereocenters. The summed E-state index contributed by atoms with van der Waals surface area (Å²) in [4.78, 5) is 2.36. The van der Waals surface area contributed by atoms with Crippen LogP contribution in [0.2, 0.25) is 0 Å². The minimum Gasteiger partial charge on any atom is -0.375 e. The van der Waals surface area contributed by atoms with E-state index in [-0.39, 0.29) is 5.60 Å². The van der Waals surface area contributed by atoms with Crippen molar-refractivity contribution in [1.82, 2.24) is 10.2 Å². The normalized spacial score (nSPS) is 27.8. The molecule has 1 heterocycles. The quantitative estimate of drug-likeness (QED) is 0.815. The zero-order valence-corrected chi connectivity index (χ0v) is 12.2. The molecule has 0 radical (unpaired) electrons. The van der Waals surface area contributed by atoms with E-state index in [1.807, 2.05) is 0 Å². The van der Waals surface area contributed by atoms with Crippen molar-refractivity contribution in [3.8, 4) is 0 Å². The summed E-state index contributed by atoms with van der Waals surface area (Å²) in [5, 5.41) is 3.74. The van der Waals surface area contributed by atoms with Gasteiger partial charge in [-0.3, -0.25) is 0 Å². The van der Waals surface area contributed by atoms with Gasteiger partial charge in [0.2, 0.25) is 0 Å². The summed E-state index contributed by atoms with van der Waals surface area (Å²) in [7, 11) is 2.19. The van der Waals surface area contributed by atoms with E-state index in [1.165, 1.54) is 44.9 Å². The van der Waals surface area contributed by atoms with Gasteiger partial charge < -0.3 is 15.0 Å². The van der Waals surface area contributed by atoms with Crippen LogP contribution in [0.4, 0.5) is 0 Å². The van der Waals surface area contributed by atoms with E-state index in [4.69, 9.17) is 4.74 Å². The smallest absolute Gasteiger partial charge is 0.0697 e. The highest BCUT2D eigenvalue weighted by Crippen LogP contribution is 2.38. The summed E-state index contributed by atoms with van der Waals surface area (Å²) >= 11 is 0. The van der Waals surface area contributed by atoms with Crippen molar-refractivity contribution in [2.45, 2.75) is 63.5 Å². The van der Waals surface area contributed by atoms with Gasteiger partial charge in [0.15, 0.2) is 0 Å². The summed E-state index contributed by atoms with van der Waals surface area (Å²) in [5.41, 5.74) is 0.241. The first-order valence-corrected chi connectivity index (χ1v) is 7.80. The van der Waals surface area contributed by atoms with E-state index in [0.717, 1.165) is 26.2 Å². The second-order valence-corrected chi connectivity index (χ2v) is 6.13. The van der Waals surface area contributed by atoms with Crippen LogP contribution in [-0.2, 0) is 4.74 Å². The van der Waals surface area contributed by atoms with Crippen molar-refractivity contribution in [2.24, 2.45) is 0 Å². The molecule has 0 aromatic heterocycles. The van der Waals surface area contributed by atoms with Crippen LogP contribution < -0.4 is 5.32 Å². The SMILES string of the molecule is CCN(C)CCNC1CCOC2(CCCCC2)C1. The number of likely N-dealkylation sites (N-methyl/N-ethyl adjacent to an activating group) is 1. The molecule has 0 amide bonds. The Morgan fingerprint density at radius 2 is 2.06 bits per heavy atom. The van der Waals surface area contributed by atoms with Gasteiger partial charge in [-0.15, -0.1) is 0 Å². The van der Waals surface area contributed by atoms with Crippen LogP contribution in [0.1, 0.15) is 51.9 Å². The van der Waals surface area contributed by atoms with Crippen LogP contribution >= 0.6 is 0 Å².